The third-order valence-corrected chi connectivity index (χ3v) is 6.62. The zero-order valence-corrected chi connectivity index (χ0v) is 18.2. The van der Waals surface area contributed by atoms with Gasteiger partial charge in [0.15, 0.2) is 0 Å². The van der Waals surface area contributed by atoms with Crippen molar-refractivity contribution in [1.82, 2.24) is 4.57 Å². The van der Waals surface area contributed by atoms with Gasteiger partial charge >= 0.3 is 0 Å². The van der Waals surface area contributed by atoms with Crippen molar-refractivity contribution in [2.75, 3.05) is 17.1 Å². The van der Waals surface area contributed by atoms with E-state index in [1.165, 1.54) is 10.6 Å². The van der Waals surface area contributed by atoms with E-state index in [4.69, 9.17) is 0 Å². The van der Waals surface area contributed by atoms with Gasteiger partial charge < -0.3 is 9.67 Å². The summed E-state index contributed by atoms with van der Waals surface area (Å²) < 4.78 is 28.5. The molecule has 5 nitrogen and oxygen atoms in total. The molecule has 1 heterocycles. The van der Waals surface area contributed by atoms with Crippen LogP contribution in [0.15, 0.2) is 66.7 Å². The summed E-state index contributed by atoms with van der Waals surface area (Å²) >= 11 is 0. The SMILES string of the molecule is Cc1ccc(N(C[C@@H](O)Cn2c3ccccc3c3ccccc32)S(C)(=O)=O)c(C)c1. The van der Waals surface area contributed by atoms with Gasteiger partial charge in [0, 0.05) is 21.8 Å². The van der Waals surface area contributed by atoms with Gasteiger partial charge in [0.2, 0.25) is 10.0 Å². The van der Waals surface area contributed by atoms with E-state index in [1.807, 2.05) is 62.4 Å². The molecule has 4 rings (SSSR count). The van der Waals surface area contributed by atoms with Gasteiger partial charge in [-0.25, -0.2) is 8.42 Å². The molecule has 4 aromatic rings. The highest BCUT2D eigenvalue weighted by Gasteiger charge is 2.23. The number of anilines is 1. The molecule has 0 aliphatic rings. The lowest BCUT2D eigenvalue weighted by Gasteiger charge is -2.27. The van der Waals surface area contributed by atoms with E-state index in [0.717, 1.165) is 32.9 Å². The maximum atomic E-state index is 12.5. The van der Waals surface area contributed by atoms with E-state index in [-0.39, 0.29) is 6.54 Å². The predicted octanol–water partition coefficient (Wildman–Crippen LogP) is 4.24. The first-order valence-corrected chi connectivity index (χ1v) is 11.8. The van der Waals surface area contributed by atoms with Crippen molar-refractivity contribution in [3.05, 3.63) is 77.9 Å². The van der Waals surface area contributed by atoms with Gasteiger partial charge in [-0.2, -0.15) is 0 Å². The third kappa shape index (κ3) is 3.80. The molecule has 0 saturated carbocycles. The zero-order valence-electron chi connectivity index (χ0n) is 17.4. The highest BCUT2D eigenvalue weighted by atomic mass is 32.2. The van der Waals surface area contributed by atoms with Crippen LogP contribution in [-0.4, -0.2) is 37.0 Å². The van der Waals surface area contributed by atoms with Crippen LogP contribution in [-0.2, 0) is 16.6 Å². The van der Waals surface area contributed by atoms with Crippen LogP contribution < -0.4 is 4.31 Å². The third-order valence-electron chi connectivity index (χ3n) is 5.47. The maximum absolute atomic E-state index is 12.5. The average Bonchev–Trinajstić information content (AvgIpc) is 3.00. The van der Waals surface area contributed by atoms with Crippen molar-refractivity contribution in [3.8, 4) is 0 Å². The van der Waals surface area contributed by atoms with E-state index in [0.29, 0.717) is 12.2 Å². The number of aryl methyl sites for hydroxylation is 2. The summed E-state index contributed by atoms with van der Waals surface area (Å²) in [5.41, 5.74) is 4.58. The Morgan fingerprint density at radius 2 is 1.50 bits per heavy atom. The summed E-state index contributed by atoms with van der Waals surface area (Å²) in [6.45, 7) is 4.15. The Balaban J connectivity index is 1.70. The molecule has 0 amide bonds. The molecule has 0 bridgehead atoms. The molecule has 0 aliphatic carbocycles. The van der Waals surface area contributed by atoms with E-state index in [1.54, 1.807) is 6.07 Å². The van der Waals surface area contributed by atoms with Crippen molar-refractivity contribution in [1.29, 1.82) is 0 Å². The van der Waals surface area contributed by atoms with Crippen LogP contribution in [0.2, 0.25) is 0 Å². The number of hydrogen-bond acceptors (Lipinski definition) is 3. The topological polar surface area (TPSA) is 62.5 Å². The average molecular weight is 423 g/mol. The Labute approximate surface area is 177 Å². The summed E-state index contributed by atoms with van der Waals surface area (Å²) in [6, 6.07) is 21.8. The van der Waals surface area contributed by atoms with Gasteiger partial charge in [0.05, 0.1) is 31.1 Å². The molecule has 0 spiro atoms. The van der Waals surface area contributed by atoms with Crippen LogP contribution in [0.5, 0.6) is 0 Å². The smallest absolute Gasteiger partial charge is 0.232 e. The fraction of sp³-hybridized carbons (Fsp3) is 0.250. The molecule has 3 aromatic carbocycles. The minimum absolute atomic E-state index is 0.0103. The maximum Gasteiger partial charge on any atom is 0.232 e. The van der Waals surface area contributed by atoms with Crippen LogP contribution in [0.3, 0.4) is 0 Å². The zero-order chi connectivity index (χ0) is 21.5. The standard InChI is InChI=1S/C24H26N2O3S/c1-17-12-13-22(18(2)14-17)26(30(3,28)29)16-19(27)15-25-23-10-6-4-8-20(23)21-9-5-7-11-24(21)25/h4-14,19,27H,15-16H2,1-3H3/t19-/m0/s1. The molecule has 1 atom stereocenters. The van der Waals surface area contributed by atoms with Crippen LogP contribution in [0.4, 0.5) is 5.69 Å². The lowest BCUT2D eigenvalue weighted by Crippen LogP contribution is -2.39. The molecular formula is C24H26N2O3S. The number of nitrogens with zero attached hydrogens (tertiary/aromatic N) is 2. The molecule has 0 fully saturated rings. The van der Waals surface area contributed by atoms with Gasteiger partial charge in [0.1, 0.15) is 0 Å². The molecule has 0 unspecified atom stereocenters. The number of hydrogen-bond donors (Lipinski definition) is 1. The number of fused-ring (bicyclic) bond motifs is 3. The molecule has 0 aliphatic heterocycles. The summed E-state index contributed by atoms with van der Waals surface area (Å²) in [5, 5.41) is 13.2. The fourth-order valence-electron chi connectivity index (χ4n) is 4.16. The summed E-state index contributed by atoms with van der Waals surface area (Å²) in [6.07, 6.45) is 0.305. The summed E-state index contributed by atoms with van der Waals surface area (Å²) in [4.78, 5) is 0. The van der Waals surface area contributed by atoms with Gasteiger partial charge in [-0.05, 0) is 37.6 Å². The van der Waals surface area contributed by atoms with Crippen molar-refractivity contribution in [2.24, 2.45) is 0 Å². The van der Waals surface area contributed by atoms with Crippen LogP contribution in [0, 0.1) is 13.8 Å². The number of aliphatic hydroxyl groups excluding tert-OH is 1. The first-order chi connectivity index (χ1) is 14.3. The number of rotatable bonds is 6. The second kappa shape index (κ2) is 7.78. The van der Waals surface area contributed by atoms with Crippen LogP contribution >= 0.6 is 0 Å². The largest absolute Gasteiger partial charge is 0.389 e. The lowest BCUT2D eigenvalue weighted by molar-refractivity contribution is 0.166. The highest BCUT2D eigenvalue weighted by Crippen LogP contribution is 2.29. The van der Waals surface area contributed by atoms with Crippen molar-refractivity contribution in [2.45, 2.75) is 26.5 Å². The second-order valence-corrected chi connectivity index (χ2v) is 9.79. The highest BCUT2D eigenvalue weighted by molar-refractivity contribution is 7.92. The van der Waals surface area contributed by atoms with Crippen LogP contribution in [0.25, 0.3) is 21.8 Å². The Hall–Kier alpha value is -2.83. The van der Waals surface area contributed by atoms with Crippen molar-refractivity contribution in [3.63, 3.8) is 0 Å². The van der Waals surface area contributed by atoms with E-state index in [2.05, 4.69) is 16.7 Å². The number of aromatic nitrogens is 1. The molecular weight excluding hydrogens is 396 g/mol. The Kier molecular flexibility index (Phi) is 5.30. The number of sulfonamides is 1. The summed E-state index contributed by atoms with van der Waals surface area (Å²) in [5.74, 6) is 0. The minimum atomic E-state index is -3.55. The summed E-state index contributed by atoms with van der Waals surface area (Å²) in [7, 11) is -3.55. The molecule has 1 N–H and O–H groups in total. The first kappa shape index (κ1) is 20.4. The van der Waals surface area contributed by atoms with Gasteiger partial charge in [-0.1, -0.05) is 54.1 Å². The molecule has 30 heavy (non-hydrogen) atoms. The molecule has 1 aromatic heterocycles. The minimum Gasteiger partial charge on any atom is -0.389 e. The molecule has 0 saturated heterocycles. The Morgan fingerprint density at radius 1 is 0.933 bits per heavy atom. The molecule has 0 radical (unpaired) electrons. The van der Waals surface area contributed by atoms with Gasteiger partial charge in [-0.3, -0.25) is 4.31 Å². The van der Waals surface area contributed by atoms with E-state index >= 15 is 0 Å². The monoisotopic (exact) mass is 422 g/mol. The number of benzene rings is 3. The second-order valence-electron chi connectivity index (χ2n) is 7.88. The number of aliphatic hydroxyl groups is 1. The van der Waals surface area contributed by atoms with E-state index in [9.17, 15) is 13.5 Å². The Morgan fingerprint density at radius 3 is 2.03 bits per heavy atom. The fourth-order valence-corrected chi connectivity index (χ4v) is 5.16. The quantitative estimate of drug-likeness (QED) is 0.506. The number of para-hydroxylation sites is 2. The predicted molar refractivity (Wildman–Crippen MR) is 124 cm³/mol. The first-order valence-electron chi connectivity index (χ1n) is 9.94. The molecule has 156 valence electrons. The lowest BCUT2D eigenvalue weighted by atomic mass is 10.1. The van der Waals surface area contributed by atoms with E-state index < -0.39 is 16.1 Å². The Bertz CT molecular complexity index is 1270. The van der Waals surface area contributed by atoms with Crippen molar-refractivity contribution >= 4 is 37.5 Å². The van der Waals surface area contributed by atoms with Gasteiger partial charge in [-0.15, -0.1) is 0 Å². The molecule has 6 heteroatoms. The van der Waals surface area contributed by atoms with Crippen LogP contribution in [0.1, 0.15) is 11.1 Å². The van der Waals surface area contributed by atoms with Crippen molar-refractivity contribution < 1.29 is 13.5 Å². The normalized spacial score (nSPS) is 13.1. The van der Waals surface area contributed by atoms with Gasteiger partial charge in [0.25, 0.3) is 0 Å².